The summed E-state index contributed by atoms with van der Waals surface area (Å²) in [6, 6.07) is 14.6. The van der Waals surface area contributed by atoms with Gasteiger partial charge < -0.3 is 10.6 Å². The Labute approximate surface area is 209 Å². The number of hydrogen-bond donors (Lipinski definition) is 1. The molecular formula is C28H28N8. The average Bonchev–Trinajstić information content (AvgIpc) is 3.23. The molecule has 36 heavy (non-hydrogen) atoms. The van der Waals surface area contributed by atoms with E-state index in [-0.39, 0.29) is 0 Å². The topological polar surface area (TPSA) is 98.6 Å². The Morgan fingerprint density at radius 3 is 2.67 bits per heavy atom. The van der Waals surface area contributed by atoms with E-state index >= 15 is 0 Å². The van der Waals surface area contributed by atoms with E-state index in [4.69, 9.17) is 15.8 Å². The fraction of sp³-hybridized carbons (Fsp3) is 0.321. The van der Waals surface area contributed by atoms with Crippen molar-refractivity contribution in [3.05, 3.63) is 60.6 Å². The van der Waals surface area contributed by atoms with Crippen molar-refractivity contribution < 1.29 is 0 Å². The van der Waals surface area contributed by atoms with Gasteiger partial charge in [0.05, 0.1) is 28.3 Å². The van der Waals surface area contributed by atoms with Gasteiger partial charge in [-0.05, 0) is 75.0 Å². The second-order valence-electron chi connectivity index (χ2n) is 10.2. The van der Waals surface area contributed by atoms with Crippen LogP contribution in [0.2, 0.25) is 0 Å². The Morgan fingerprint density at radius 1 is 1.00 bits per heavy atom. The molecule has 2 N–H and O–H groups in total. The summed E-state index contributed by atoms with van der Waals surface area (Å²) in [5, 5.41) is 7.01. The Kier molecular flexibility index (Phi) is 4.95. The molecule has 1 aliphatic carbocycles. The van der Waals surface area contributed by atoms with Crippen LogP contribution in [0.3, 0.4) is 0 Å². The first-order valence-corrected chi connectivity index (χ1v) is 12.7. The molecule has 0 radical (unpaired) electrons. The first kappa shape index (κ1) is 21.4. The molecule has 0 bridgehead atoms. The number of nitrogens with two attached hydrogens (primary N) is 1. The van der Waals surface area contributed by atoms with Crippen LogP contribution >= 0.6 is 0 Å². The highest BCUT2D eigenvalue weighted by atomic mass is 15.3. The molecule has 0 unspecified atom stereocenters. The lowest BCUT2D eigenvalue weighted by Crippen LogP contribution is -2.44. The highest BCUT2D eigenvalue weighted by Crippen LogP contribution is 2.42. The predicted molar refractivity (Wildman–Crippen MR) is 141 cm³/mol. The van der Waals surface area contributed by atoms with Gasteiger partial charge in [-0.3, -0.25) is 4.98 Å². The first-order chi connectivity index (χ1) is 17.6. The number of likely N-dealkylation sites (tertiary alicyclic amines) is 1. The summed E-state index contributed by atoms with van der Waals surface area (Å²) in [7, 11) is 0. The lowest BCUT2D eigenvalue weighted by atomic mass is 9.79. The molecule has 5 aromatic rings. The van der Waals surface area contributed by atoms with Crippen molar-refractivity contribution >= 4 is 27.8 Å². The van der Waals surface area contributed by atoms with Crippen LogP contribution in [-0.2, 0) is 0 Å². The number of rotatable bonds is 5. The zero-order chi connectivity index (χ0) is 24.2. The summed E-state index contributed by atoms with van der Waals surface area (Å²) in [5.41, 5.74) is 12.8. The van der Waals surface area contributed by atoms with Gasteiger partial charge in [-0.2, -0.15) is 5.10 Å². The summed E-state index contributed by atoms with van der Waals surface area (Å²) in [4.78, 5) is 20.9. The van der Waals surface area contributed by atoms with E-state index in [1.807, 2.05) is 18.2 Å². The third-order valence-corrected chi connectivity index (χ3v) is 7.76. The third-order valence-electron chi connectivity index (χ3n) is 7.76. The zero-order valence-corrected chi connectivity index (χ0v) is 20.3. The van der Waals surface area contributed by atoms with Gasteiger partial charge in [-0.15, -0.1) is 0 Å². The molecule has 1 aromatic carbocycles. The highest BCUT2D eigenvalue weighted by molar-refractivity contribution is 6.00. The van der Waals surface area contributed by atoms with Crippen LogP contribution in [0.5, 0.6) is 0 Å². The predicted octanol–water partition coefficient (Wildman–Crippen LogP) is 4.65. The SMILES string of the molecule is Cc1cc(-c2ccccn2)nc2cc(-c3nn(C4CC(CN5CCC5)C4)c4ncnc(N)c34)ccc12. The van der Waals surface area contributed by atoms with E-state index in [1.54, 1.807) is 12.5 Å². The average molecular weight is 477 g/mol. The molecule has 4 aromatic heterocycles. The fourth-order valence-corrected chi connectivity index (χ4v) is 5.63. The summed E-state index contributed by atoms with van der Waals surface area (Å²) in [6.45, 7) is 5.81. The number of anilines is 1. The maximum Gasteiger partial charge on any atom is 0.164 e. The zero-order valence-electron chi connectivity index (χ0n) is 20.3. The number of hydrogen-bond acceptors (Lipinski definition) is 7. The minimum atomic E-state index is 0.346. The van der Waals surface area contributed by atoms with Crippen molar-refractivity contribution in [2.24, 2.45) is 5.92 Å². The molecule has 5 heterocycles. The molecule has 8 heteroatoms. The van der Waals surface area contributed by atoms with Gasteiger partial charge in [0.15, 0.2) is 5.65 Å². The standard InChI is InChI=1S/C28H28N8/c1-17-11-24(22-5-2-3-8-30-22)33-23-14-19(6-7-21(17)23)26-25-27(29)31-16-32-28(25)36(34-26)20-12-18(13-20)15-35-9-4-10-35/h2-3,5-8,11,14,16,18,20H,4,9-10,12-13,15H2,1H3,(H2,29,31,32). The van der Waals surface area contributed by atoms with Crippen LogP contribution in [0.15, 0.2) is 55.0 Å². The number of aryl methyl sites for hydroxylation is 1. The largest absolute Gasteiger partial charge is 0.383 e. The number of nitrogens with zero attached hydrogens (tertiary/aromatic N) is 7. The van der Waals surface area contributed by atoms with E-state index in [0.29, 0.717) is 11.9 Å². The molecule has 1 saturated carbocycles. The molecule has 1 aliphatic heterocycles. The van der Waals surface area contributed by atoms with Crippen molar-refractivity contribution in [3.63, 3.8) is 0 Å². The van der Waals surface area contributed by atoms with Gasteiger partial charge in [0.25, 0.3) is 0 Å². The molecule has 0 amide bonds. The molecule has 2 aliphatic rings. The minimum Gasteiger partial charge on any atom is -0.383 e. The molecule has 180 valence electrons. The van der Waals surface area contributed by atoms with Crippen LogP contribution < -0.4 is 5.73 Å². The van der Waals surface area contributed by atoms with Crippen LogP contribution in [0, 0.1) is 12.8 Å². The Hall–Kier alpha value is -3.91. The molecule has 8 nitrogen and oxygen atoms in total. The van der Waals surface area contributed by atoms with Crippen molar-refractivity contribution in [1.29, 1.82) is 0 Å². The number of nitrogen functional groups attached to an aromatic ring is 1. The monoisotopic (exact) mass is 476 g/mol. The minimum absolute atomic E-state index is 0.346. The Morgan fingerprint density at radius 2 is 1.89 bits per heavy atom. The lowest BCUT2D eigenvalue weighted by molar-refractivity contribution is 0.0880. The number of fused-ring (bicyclic) bond motifs is 2. The fourth-order valence-electron chi connectivity index (χ4n) is 5.63. The summed E-state index contributed by atoms with van der Waals surface area (Å²) < 4.78 is 2.09. The van der Waals surface area contributed by atoms with E-state index in [0.717, 1.165) is 68.9 Å². The van der Waals surface area contributed by atoms with Crippen LogP contribution in [0.1, 0.15) is 30.9 Å². The number of pyridine rings is 2. The van der Waals surface area contributed by atoms with E-state index in [9.17, 15) is 0 Å². The lowest BCUT2D eigenvalue weighted by Gasteiger charge is -2.41. The summed E-state index contributed by atoms with van der Waals surface area (Å²) >= 11 is 0. The maximum absolute atomic E-state index is 6.39. The van der Waals surface area contributed by atoms with Crippen LogP contribution in [0.4, 0.5) is 5.82 Å². The normalized spacial score (nSPS) is 19.9. The molecule has 2 fully saturated rings. The third kappa shape index (κ3) is 3.52. The Bertz CT molecular complexity index is 1580. The smallest absolute Gasteiger partial charge is 0.164 e. The van der Waals surface area contributed by atoms with Gasteiger partial charge in [0.2, 0.25) is 0 Å². The molecule has 7 rings (SSSR count). The molecule has 0 spiro atoms. The Balaban J connectivity index is 1.29. The van der Waals surface area contributed by atoms with Gasteiger partial charge in [-0.25, -0.2) is 19.6 Å². The van der Waals surface area contributed by atoms with Crippen molar-refractivity contribution in [1.82, 2.24) is 34.6 Å². The van der Waals surface area contributed by atoms with Gasteiger partial charge in [-0.1, -0.05) is 18.2 Å². The van der Waals surface area contributed by atoms with E-state index < -0.39 is 0 Å². The van der Waals surface area contributed by atoms with Crippen molar-refractivity contribution in [2.45, 2.75) is 32.2 Å². The molecular weight excluding hydrogens is 448 g/mol. The maximum atomic E-state index is 6.39. The van der Waals surface area contributed by atoms with Crippen LogP contribution in [-0.4, -0.2) is 54.3 Å². The first-order valence-electron chi connectivity index (χ1n) is 12.7. The second-order valence-corrected chi connectivity index (χ2v) is 10.2. The van der Waals surface area contributed by atoms with E-state index in [2.05, 4.69) is 55.7 Å². The quantitative estimate of drug-likeness (QED) is 0.394. The van der Waals surface area contributed by atoms with Gasteiger partial charge in [0, 0.05) is 23.7 Å². The number of benzene rings is 1. The van der Waals surface area contributed by atoms with Crippen molar-refractivity contribution in [3.8, 4) is 22.6 Å². The van der Waals surface area contributed by atoms with Crippen molar-refractivity contribution in [2.75, 3.05) is 25.4 Å². The summed E-state index contributed by atoms with van der Waals surface area (Å²) in [5.74, 6) is 1.19. The van der Waals surface area contributed by atoms with Gasteiger partial charge >= 0.3 is 0 Å². The number of aromatic nitrogens is 6. The van der Waals surface area contributed by atoms with Crippen LogP contribution in [0.25, 0.3) is 44.6 Å². The van der Waals surface area contributed by atoms with E-state index in [1.165, 1.54) is 26.1 Å². The molecule has 0 atom stereocenters. The van der Waals surface area contributed by atoms with Gasteiger partial charge in [0.1, 0.15) is 17.8 Å². The second kappa shape index (κ2) is 8.34. The molecule has 1 saturated heterocycles. The summed E-state index contributed by atoms with van der Waals surface area (Å²) in [6.07, 6.45) is 6.93. The highest BCUT2D eigenvalue weighted by Gasteiger charge is 2.35.